The minimum absolute atomic E-state index is 0.0156. The topological polar surface area (TPSA) is 54.4 Å². The van der Waals surface area contributed by atoms with Crippen molar-refractivity contribution in [3.8, 4) is 0 Å². The molecule has 0 aromatic heterocycles. The molecule has 0 aromatic carbocycles. The van der Waals surface area contributed by atoms with Crippen molar-refractivity contribution in [3.63, 3.8) is 0 Å². The summed E-state index contributed by atoms with van der Waals surface area (Å²) in [6, 6.07) is 0. The number of allylic oxidation sites excluding steroid dienone is 3. The first-order valence-electron chi connectivity index (χ1n) is 6.40. The van der Waals surface area contributed by atoms with Gasteiger partial charge in [0, 0.05) is 17.3 Å². The lowest BCUT2D eigenvalue weighted by Gasteiger charge is -2.45. The van der Waals surface area contributed by atoms with E-state index in [2.05, 4.69) is 0 Å². The summed E-state index contributed by atoms with van der Waals surface area (Å²) in [6.45, 7) is 5.68. The maximum atomic E-state index is 12.4. The van der Waals surface area contributed by atoms with Crippen LogP contribution in [0.3, 0.4) is 0 Å². The second-order valence-corrected chi connectivity index (χ2v) is 5.99. The molecule has 0 aromatic rings. The fourth-order valence-corrected chi connectivity index (χ4v) is 3.21. The maximum Gasteiger partial charge on any atom is 0.162 e. The van der Waals surface area contributed by atoms with Crippen LogP contribution >= 0.6 is 0 Å². The van der Waals surface area contributed by atoms with E-state index in [0.717, 1.165) is 18.4 Å². The minimum Gasteiger partial charge on any atom is -0.392 e. The van der Waals surface area contributed by atoms with E-state index in [1.165, 1.54) is 6.08 Å². The van der Waals surface area contributed by atoms with Crippen molar-refractivity contribution in [2.75, 3.05) is 6.61 Å². The van der Waals surface area contributed by atoms with Gasteiger partial charge in [-0.05, 0) is 37.5 Å². The zero-order chi connectivity index (χ0) is 13.6. The summed E-state index contributed by atoms with van der Waals surface area (Å²) in [5, 5.41) is 9.46. The number of aliphatic hydroxyl groups excluding tert-OH is 1. The van der Waals surface area contributed by atoms with Crippen LogP contribution in [0.1, 0.15) is 40.0 Å². The average molecular weight is 248 g/mol. The van der Waals surface area contributed by atoms with Crippen molar-refractivity contribution < 1.29 is 14.7 Å². The molecule has 18 heavy (non-hydrogen) atoms. The van der Waals surface area contributed by atoms with Crippen molar-refractivity contribution in [1.82, 2.24) is 0 Å². The maximum absolute atomic E-state index is 12.4. The average Bonchev–Trinajstić information content (AvgIpc) is 2.60. The quantitative estimate of drug-likeness (QED) is 0.815. The highest BCUT2D eigenvalue weighted by Crippen LogP contribution is 2.55. The number of hydrogen-bond acceptors (Lipinski definition) is 3. The Morgan fingerprint density at radius 2 is 1.89 bits per heavy atom. The highest BCUT2D eigenvalue weighted by atomic mass is 16.3. The Labute approximate surface area is 108 Å². The summed E-state index contributed by atoms with van der Waals surface area (Å²) in [6.07, 6.45) is 5.17. The van der Waals surface area contributed by atoms with Gasteiger partial charge >= 0.3 is 0 Å². The Hall–Kier alpha value is -1.22. The van der Waals surface area contributed by atoms with E-state index in [1.54, 1.807) is 6.08 Å². The second-order valence-electron chi connectivity index (χ2n) is 5.99. The predicted molar refractivity (Wildman–Crippen MR) is 69.0 cm³/mol. The van der Waals surface area contributed by atoms with Crippen LogP contribution < -0.4 is 0 Å². The number of carbonyl (C=O) groups is 2. The molecular formula is C15H20O3. The van der Waals surface area contributed by atoms with Crippen LogP contribution in [0.5, 0.6) is 0 Å². The summed E-state index contributed by atoms with van der Waals surface area (Å²) in [4.78, 5) is 24.1. The standard InChI is InChI=1S/C15H20O3/c1-10-4-5-14(2,13(18)6-10)15(3)8-12(17)7-11(15)9-16/h6-7,16H,4-5,8-9H2,1-3H3/t14-,15-/m0/s1. The van der Waals surface area contributed by atoms with Gasteiger partial charge in [0.05, 0.1) is 6.61 Å². The van der Waals surface area contributed by atoms with Crippen LogP contribution in [0.4, 0.5) is 0 Å². The number of ketones is 2. The first-order valence-corrected chi connectivity index (χ1v) is 6.40. The molecule has 0 unspecified atom stereocenters. The minimum atomic E-state index is -0.576. The SMILES string of the molecule is CC1=CC(=O)[C@@](C)([C@@]2(C)CC(=O)C=C2CO)CC1. The number of hydrogen-bond donors (Lipinski definition) is 1. The van der Waals surface area contributed by atoms with E-state index in [4.69, 9.17) is 0 Å². The second kappa shape index (κ2) is 4.16. The van der Waals surface area contributed by atoms with Gasteiger partial charge in [0.25, 0.3) is 0 Å². The van der Waals surface area contributed by atoms with Gasteiger partial charge in [-0.2, -0.15) is 0 Å². The molecule has 0 bridgehead atoms. The third-order valence-corrected chi connectivity index (χ3v) is 4.90. The van der Waals surface area contributed by atoms with Crippen LogP contribution in [-0.2, 0) is 9.59 Å². The molecule has 0 radical (unpaired) electrons. The van der Waals surface area contributed by atoms with Crippen LogP contribution in [0, 0.1) is 10.8 Å². The van der Waals surface area contributed by atoms with Crippen LogP contribution in [0.15, 0.2) is 23.3 Å². The van der Waals surface area contributed by atoms with Gasteiger partial charge < -0.3 is 5.11 Å². The normalized spacial score (nSPS) is 36.7. The lowest BCUT2D eigenvalue weighted by atomic mass is 9.56. The van der Waals surface area contributed by atoms with Gasteiger partial charge in [-0.1, -0.05) is 19.4 Å². The first-order chi connectivity index (χ1) is 8.33. The predicted octanol–water partition coefficient (Wildman–Crippen LogP) is 2.20. The van der Waals surface area contributed by atoms with Gasteiger partial charge in [0.2, 0.25) is 0 Å². The molecule has 3 heteroatoms. The molecule has 0 heterocycles. The van der Waals surface area contributed by atoms with E-state index in [0.29, 0.717) is 12.0 Å². The molecule has 0 saturated carbocycles. The van der Waals surface area contributed by atoms with E-state index < -0.39 is 10.8 Å². The molecular weight excluding hydrogens is 228 g/mol. The summed E-state index contributed by atoms with van der Waals surface area (Å²) in [7, 11) is 0. The van der Waals surface area contributed by atoms with Crippen molar-refractivity contribution in [2.24, 2.45) is 10.8 Å². The Balaban J connectivity index is 2.45. The molecule has 2 rings (SSSR count). The smallest absolute Gasteiger partial charge is 0.162 e. The Bertz CT molecular complexity index is 472. The molecule has 2 aliphatic carbocycles. The summed E-state index contributed by atoms with van der Waals surface area (Å²) in [5.74, 6) is 0.102. The Kier molecular flexibility index (Phi) is 3.06. The summed E-state index contributed by atoms with van der Waals surface area (Å²) < 4.78 is 0. The largest absolute Gasteiger partial charge is 0.392 e. The number of carbonyl (C=O) groups excluding carboxylic acids is 2. The van der Waals surface area contributed by atoms with E-state index in [9.17, 15) is 14.7 Å². The molecule has 0 spiro atoms. The van der Waals surface area contributed by atoms with Crippen LogP contribution in [-0.4, -0.2) is 23.3 Å². The van der Waals surface area contributed by atoms with Crippen molar-refractivity contribution in [3.05, 3.63) is 23.3 Å². The number of rotatable bonds is 2. The zero-order valence-electron chi connectivity index (χ0n) is 11.2. The Morgan fingerprint density at radius 3 is 2.44 bits per heavy atom. The summed E-state index contributed by atoms with van der Waals surface area (Å²) >= 11 is 0. The number of aliphatic hydroxyl groups is 1. The molecule has 2 aliphatic rings. The van der Waals surface area contributed by atoms with Crippen molar-refractivity contribution in [2.45, 2.75) is 40.0 Å². The fraction of sp³-hybridized carbons (Fsp3) is 0.600. The van der Waals surface area contributed by atoms with Gasteiger partial charge in [-0.15, -0.1) is 0 Å². The highest BCUT2D eigenvalue weighted by molar-refractivity contribution is 6.00. The van der Waals surface area contributed by atoms with Crippen molar-refractivity contribution >= 4 is 11.6 Å². The molecule has 0 fully saturated rings. The third kappa shape index (κ3) is 1.69. The van der Waals surface area contributed by atoms with E-state index >= 15 is 0 Å². The lowest BCUT2D eigenvalue weighted by Crippen LogP contribution is -2.45. The lowest BCUT2D eigenvalue weighted by molar-refractivity contribution is -0.131. The molecule has 0 saturated heterocycles. The molecule has 2 atom stereocenters. The van der Waals surface area contributed by atoms with E-state index in [1.807, 2.05) is 20.8 Å². The molecule has 98 valence electrons. The summed E-state index contributed by atoms with van der Waals surface area (Å²) in [5.41, 5.74) is 0.691. The molecule has 3 nitrogen and oxygen atoms in total. The molecule has 0 aliphatic heterocycles. The van der Waals surface area contributed by atoms with Crippen LogP contribution in [0.2, 0.25) is 0 Å². The molecule has 1 N–H and O–H groups in total. The fourth-order valence-electron chi connectivity index (χ4n) is 3.21. The third-order valence-electron chi connectivity index (χ3n) is 4.90. The Morgan fingerprint density at radius 1 is 1.22 bits per heavy atom. The zero-order valence-corrected chi connectivity index (χ0v) is 11.2. The van der Waals surface area contributed by atoms with Crippen molar-refractivity contribution in [1.29, 1.82) is 0 Å². The first kappa shape index (κ1) is 13.2. The van der Waals surface area contributed by atoms with E-state index in [-0.39, 0.29) is 18.2 Å². The molecule has 0 amide bonds. The van der Waals surface area contributed by atoms with Gasteiger partial charge in [0.1, 0.15) is 0 Å². The van der Waals surface area contributed by atoms with Gasteiger partial charge in [0.15, 0.2) is 11.6 Å². The monoisotopic (exact) mass is 248 g/mol. The van der Waals surface area contributed by atoms with Gasteiger partial charge in [-0.25, -0.2) is 0 Å². The highest BCUT2D eigenvalue weighted by Gasteiger charge is 2.54. The van der Waals surface area contributed by atoms with Gasteiger partial charge in [-0.3, -0.25) is 9.59 Å². The van der Waals surface area contributed by atoms with Crippen LogP contribution in [0.25, 0.3) is 0 Å².